The Kier molecular flexibility index (Phi) is 11.4. The largest absolute Gasteiger partial charge is 0.505 e. The van der Waals surface area contributed by atoms with E-state index < -0.39 is 6.16 Å². The molecule has 0 atom stereocenters. The number of carboxylic acid groups (broad SMARTS) is 1. The van der Waals surface area contributed by atoms with E-state index in [2.05, 4.69) is 16.9 Å². The second-order valence-corrected chi connectivity index (χ2v) is 6.54. The number of hydrogen-bond acceptors (Lipinski definition) is 2. The van der Waals surface area contributed by atoms with Gasteiger partial charge in [0.15, 0.2) is 0 Å². The standard InChI is InChI=1S/C18H30.C2H4O3/c1-2-6-10-14-17(13-9-5-1)18-15-11-7-3-4-8-12-16-18;1-5-2(3)4/h13,15H,1-12,14,16H2;1H3,(H,3,4). The van der Waals surface area contributed by atoms with Crippen LogP contribution < -0.4 is 0 Å². The minimum Gasteiger partial charge on any atom is -0.450 e. The maximum absolute atomic E-state index is 9.15. The Hall–Kier alpha value is -1.25. The normalized spacial score (nSPS) is 20.6. The first-order valence-corrected chi connectivity index (χ1v) is 9.39. The third-order valence-electron chi connectivity index (χ3n) is 4.67. The van der Waals surface area contributed by atoms with E-state index in [1.165, 1.54) is 89.9 Å². The molecular formula is C20H34O3. The number of allylic oxidation sites excluding steroid dienone is 4. The van der Waals surface area contributed by atoms with E-state index in [0.29, 0.717) is 0 Å². The third kappa shape index (κ3) is 10.2. The van der Waals surface area contributed by atoms with Crippen LogP contribution in [0.2, 0.25) is 0 Å². The fourth-order valence-electron chi connectivity index (χ4n) is 3.32. The van der Waals surface area contributed by atoms with Gasteiger partial charge in [-0.25, -0.2) is 4.79 Å². The zero-order valence-electron chi connectivity index (χ0n) is 14.8. The molecule has 0 aromatic carbocycles. The van der Waals surface area contributed by atoms with Crippen molar-refractivity contribution in [2.24, 2.45) is 0 Å². The van der Waals surface area contributed by atoms with Crippen LogP contribution in [0.5, 0.6) is 0 Å². The Morgan fingerprint density at radius 2 is 1.13 bits per heavy atom. The SMILES string of the molecule is C1=C(C2=CCCCCCCC2)CCCCCCC1.COC(=O)O. The highest BCUT2D eigenvalue weighted by molar-refractivity contribution is 5.56. The maximum atomic E-state index is 9.15. The molecular weight excluding hydrogens is 288 g/mol. The molecule has 2 aliphatic rings. The van der Waals surface area contributed by atoms with Gasteiger partial charge in [0.25, 0.3) is 0 Å². The molecule has 0 radical (unpaired) electrons. The predicted molar refractivity (Wildman–Crippen MR) is 95.8 cm³/mol. The van der Waals surface area contributed by atoms with E-state index in [1.807, 2.05) is 0 Å². The lowest BCUT2D eigenvalue weighted by Gasteiger charge is -2.12. The summed E-state index contributed by atoms with van der Waals surface area (Å²) in [6.07, 6.45) is 23.6. The van der Waals surface area contributed by atoms with E-state index in [0.717, 1.165) is 7.11 Å². The van der Waals surface area contributed by atoms with Crippen molar-refractivity contribution >= 4 is 6.16 Å². The van der Waals surface area contributed by atoms with Crippen LogP contribution >= 0.6 is 0 Å². The summed E-state index contributed by atoms with van der Waals surface area (Å²) in [4.78, 5) is 9.15. The molecule has 0 saturated heterocycles. The predicted octanol–water partition coefficient (Wildman–Crippen LogP) is 6.64. The van der Waals surface area contributed by atoms with Crippen molar-refractivity contribution in [1.82, 2.24) is 0 Å². The first-order chi connectivity index (χ1) is 11.2. The zero-order valence-corrected chi connectivity index (χ0v) is 14.8. The lowest BCUT2D eigenvalue weighted by Crippen LogP contribution is -1.92. The van der Waals surface area contributed by atoms with Gasteiger partial charge in [-0.15, -0.1) is 0 Å². The average molecular weight is 322 g/mol. The quantitative estimate of drug-likeness (QED) is 0.550. The Labute approximate surface area is 141 Å². The maximum Gasteiger partial charge on any atom is 0.505 e. The fourth-order valence-corrected chi connectivity index (χ4v) is 3.32. The van der Waals surface area contributed by atoms with Gasteiger partial charge in [0, 0.05) is 0 Å². The summed E-state index contributed by atoms with van der Waals surface area (Å²) < 4.78 is 3.67. The Bertz CT molecular complexity index is 352. The summed E-state index contributed by atoms with van der Waals surface area (Å²) in [5, 5.41) is 7.50. The van der Waals surface area contributed by atoms with Crippen LogP contribution in [0.1, 0.15) is 89.9 Å². The molecule has 0 fully saturated rings. The van der Waals surface area contributed by atoms with Gasteiger partial charge >= 0.3 is 6.16 Å². The fraction of sp³-hybridized carbons (Fsp3) is 0.750. The first kappa shape index (κ1) is 19.8. The van der Waals surface area contributed by atoms with Gasteiger partial charge in [-0.05, 0) is 62.5 Å². The van der Waals surface area contributed by atoms with Gasteiger partial charge in [-0.1, -0.05) is 50.7 Å². The van der Waals surface area contributed by atoms with E-state index in [-0.39, 0.29) is 0 Å². The molecule has 2 rings (SSSR count). The molecule has 0 aromatic rings. The van der Waals surface area contributed by atoms with Crippen LogP contribution in [-0.4, -0.2) is 18.4 Å². The summed E-state index contributed by atoms with van der Waals surface area (Å²) in [5.74, 6) is 0. The van der Waals surface area contributed by atoms with Crippen molar-refractivity contribution < 1.29 is 14.6 Å². The second kappa shape index (κ2) is 13.2. The molecule has 3 heteroatoms. The topological polar surface area (TPSA) is 46.5 Å². The van der Waals surface area contributed by atoms with Crippen LogP contribution in [0.25, 0.3) is 0 Å². The van der Waals surface area contributed by atoms with Gasteiger partial charge in [0.1, 0.15) is 0 Å². The molecule has 23 heavy (non-hydrogen) atoms. The van der Waals surface area contributed by atoms with E-state index in [4.69, 9.17) is 9.90 Å². The van der Waals surface area contributed by atoms with Crippen LogP contribution in [0.15, 0.2) is 23.3 Å². The first-order valence-electron chi connectivity index (χ1n) is 9.39. The minimum absolute atomic E-state index is 1.10. The molecule has 0 unspecified atom stereocenters. The van der Waals surface area contributed by atoms with Gasteiger partial charge in [0.2, 0.25) is 0 Å². The van der Waals surface area contributed by atoms with Gasteiger partial charge in [0.05, 0.1) is 7.11 Å². The highest BCUT2D eigenvalue weighted by atomic mass is 16.6. The number of rotatable bonds is 1. The lowest BCUT2D eigenvalue weighted by atomic mass is 9.94. The van der Waals surface area contributed by atoms with Crippen LogP contribution in [0.4, 0.5) is 4.79 Å². The molecule has 0 saturated carbocycles. The van der Waals surface area contributed by atoms with Crippen LogP contribution in [0.3, 0.4) is 0 Å². The Morgan fingerprint density at radius 3 is 1.52 bits per heavy atom. The second-order valence-electron chi connectivity index (χ2n) is 6.54. The molecule has 0 amide bonds. The number of ether oxygens (including phenoxy) is 1. The zero-order chi connectivity index (χ0) is 16.8. The molecule has 132 valence electrons. The summed E-state index contributed by atoms with van der Waals surface area (Å²) in [7, 11) is 1.10. The Balaban J connectivity index is 0.000000463. The van der Waals surface area contributed by atoms with E-state index in [1.54, 1.807) is 11.1 Å². The summed E-state index contributed by atoms with van der Waals surface area (Å²) >= 11 is 0. The number of carbonyl (C=O) groups is 1. The van der Waals surface area contributed by atoms with Crippen LogP contribution in [-0.2, 0) is 4.74 Å². The highest BCUT2D eigenvalue weighted by Gasteiger charge is 2.08. The molecule has 0 bridgehead atoms. The molecule has 0 spiro atoms. The van der Waals surface area contributed by atoms with Gasteiger partial charge in [-0.3, -0.25) is 0 Å². The number of methoxy groups -OCH3 is 1. The van der Waals surface area contributed by atoms with Crippen molar-refractivity contribution in [2.75, 3.05) is 7.11 Å². The molecule has 0 aromatic heterocycles. The van der Waals surface area contributed by atoms with Gasteiger partial charge < -0.3 is 9.84 Å². The van der Waals surface area contributed by atoms with Crippen molar-refractivity contribution in [1.29, 1.82) is 0 Å². The smallest absolute Gasteiger partial charge is 0.450 e. The summed E-state index contributed by atoms with van der Waals surface area (Å²) in [6, 6.07) is 0. The summed E-state index contributed by atoms with van der Waals surface area (Å²) in [5.41, 5.74) is 3.44. The van der Waals surface area contributed by atoms with Crippen LogP contribution in [0, 0.1) is 0 Å². The minimum atomic E-state index is -1.25. The molecule has 1 N–H and O–H groups in total. The van der Waals surface area contributed by atoms with E-state index in [9.17, 15) is 0 Å². The summed E-state index contributed by atoms with van der Waals surface area (Å²) in [6.45, 7) is 0. The van der Waals surface area contributed by atoms with Crippen molar-refractivity contribution in [2.45, 2.75) is 89.9 Å². The third-order valence-corrected chi connectivity index (χ3v) is 4.67. The average Bonchev–Trinajstić information content (AvgIpc) is 2.78. The molecule has 2 aliphatic carbocycles. The highest BCUT2D eigenvalue weighted by Crippen LogP contribution is 2.28. The number of hydrogen-bond donors (Lipinski definition) is 1. The molecule has 3 nitrogen and oxygen atoms in total. The Morgan fingerprint density at radius 1 is 0.783 bits per heavy atom. The lowest BCUT2D eigenvalue weighted by molar-refractivity contribution is 0.114. The van der Waals surface area contributed by atoms with Gasteiger partial charge in [-0.2, -0.15) is 0 Å². The molecule has 0 heterocycles. The van der Waals surface area contributed by atoms with Crippen molar-refractivity contribution in [3.05, 3.63) is 23.3 Å². The van der Waals surface area contributed by atoms with Crippen molar-refractivity contribution in [3.63, 3.8) is 0 Å². The van der Waals surface area contributed by atoms with E-state index >= 15 is 0 Å². The molecule has 0 aliphatic heterocycles. The monoisotopic (exact) mass is 322 g/mol. The van der Waals surface area contributed by atoms with Crippen molar-refractivity contribution in [3.8, 4) is 0 Å².